The van der Waals surface area contributed by atoms with Gasteiger partial charge in [-0.3, -0.25) is 9.59 Å². The first-order chi connectivity index (χ1) is 10.1. The lowest BCUT2D eigenvalue weighted by Gasteiger charge is -2.06. The molecule has 0 bridgehead atoms. The largest absolute Gasteiger partial charge is 0.354 e. The van der Waals surface area contributed by atoms with Crippen LogP contribution in [0, 0.1) is 0 Å². The highest BCUT2D eigenvalue weighted by molar-refractivity contribution is 7.94. The van der Waals surface area contributed by atoms with Gasteiger partial charge >= 0.3 is 0 Å². The zero-order valence-corrected chi connectivity index (χ0v) is 13.7. The minimum Gasteiger partial charge on any atom is -0.354 e. The molecule has 0 heterocycles. The van der Waals surface area contributed by atoms with Crippen LogP contribution in [-0.2, 0) is 29.3 Å². The monoisotopic (exact) mass is 352 g/mol. The van der Waals surface area contributed by atoms with E-state index in [-0.39, 0.29) is 37.4 Å². The van der Waals surface area contributed by atoms with Gasteiger partial charge in [0.05, 0.1) is 11.5 Å². The summed E-state index contributed by atoms with van der Waals surface area (Å²) in [5.74, 6) is -1.58. The summed E-state index contributed by atoms with van der Waals surface area (Å²) in [5, 5.41) is 6.44. The maximum absolute atomic E-state index is 11.3. The predicted octanol–water partition coefficient (Wildman–Crippen LogP) is -0.884. The third-order valence-corrected chi connectivity index (χ3v) is 5.07. The first kappa shape index (κ1) is 20.3. The Hall–Kier alpha value is -1.68. The average Bonchev–Trinajstić information content (AvgIpc) is 2.47. The van der Waals surface area contributed by atoms with Crippen molar-refractivity contribution >= 4 is 31.5 Å². The fourth-order valence-corrected chi connectivity index (χ4v) is 2.49. The second-order valence-corrected chi connectivity index (χ2v) is 8.40. The van der Waals surface area contributed by atoms with Crippen LogP contribution in [0.3, 0.4) is 0 Å². The molecule has 2 N–H and O–H groups in total. The summed E-state index contributed by atoms with van der Waals surface area (Å²) in [4.78, 5) is 22.7. The molecule has 2 amide bonds. The molecule has 0 spiro atoms. The molecule has 0 aliphatic rings. The number of carbonyl (C=O) groups is 2. The van der Waals surface area contributed by atoms with Gasteiger partial charge < -0.3 is 10.6 Å². The lowest BCUT2D eigenvalue weighted by Crippen LogP contribution is -2.35. The smallest absolute Gasteiger partial charge is 0.221 e. The zero-order valence-electron chi connectivity index (χ0n) is 12.1. The lowest BCUT2D eigenvalue weighted by molar-refractivity contribution is -0.122. The number of hydrogen-bond donors (Lipinski definition) is 2. The van der Waals surface area contributed by atoms with Crippen molar-refractivity contribution < 1.29 is 26.4 Å². The van der Waals surface area contributed by atoms with Gasteiger partial charge in [0.15, 0.2) is 19.7 Å². The minimum atomic E-state index is -3.41. The van der Waals surface area contributed by atoms with Gasteiger partial charge in [0.25, 0.3) is 0 Å². The van der Waals surface area contributed by atoms with Crippen LogP contribution in [0.1, 0.15) is 12.8 Å². The number of carbonyl (C=O) groups excluding carboxylic acids is 2. The number of hydrogen-bond acceptors (Lipinski definition) is 6. The second-order valence-electron chi connectivity index (χ2n) is 4.27. The number of nitrogens with one attached hydrogen (secondary N) is 2. The Morgan fingerprint density at radius 2 is 1.09 bits per heavy atom. The molecule has 0 aliphatic heterocycles. The Balaban J connectivity index is 3.84. The van der Waals surface area contributed by atoms with Crippen molar-refractivity contribution in [2.75, 3.05) is 24.6 Å². The predicted molar refractivity (Wildman–Crippen MR) is 83.2 cm³/mol. The van der Waals surface area contributed by atoms with Crippen LogP contribution >= 0.6 is 0 Å². The van der Waals surface area contributed by atoms with Gasteiger partial charge in [0.1, 0.15) is 0 Å². The fourth-order valence-electron chi connectivity index (χ4n) is 1.22. The summed E-state index contributed by atoms with van der Waals surface area (Å²) in [6.07, 6.45) is -0.389. The first-order valence-corrected chi connectivity index (χ1v) is 9.79. The van der Waals surface area contributed by atoms with Crippen molar-refractivity contribution in [1.82, 2.24) is 10.6 Å². The first-order valence-electron chi connectivity index (χ1n) is 6.35. The molecule has 0 aromatic rings. The Kier molecular flexibility index (Phi) is 8.65. The number of sulfone groups is 2. The van der Waals surface area contributed by atoms with Crippen molar-refractivity contribution in [2.24, 2.45) is 0 Å². The van der Waals surface area contributed by atoms with Crippen molar-refractivity contribution in [3.05, 3.63) is 24.0 Å². The van der Waals surface area contributed by atoms with Gasteiger partial charge in [0, 0.05) is 36.7 Å². The van der Waals surface area contributed by atoms with E-state index >= 15 is 0 Å². The molecular formula is C12H20N2O6S2. The van der Waals surface area contributed by atoms with Gasteiger partial charge in [0.2, 0.25) is 11.8 Å². The summed E-state index contributed by atoms with van der Waals surface area (Å²) >= 11 is 0. The molecule has 0 atom stereocenters. The van der Waals surface area contributed by atoms with Gasteiger partial charge in [-0.05, 0) is 0 Å². The topological polar surface area (TPSA) is 126 Å². The molecule has 0 aromatic heterocycles. The highest BCUT2D eigenvalue weighted by Crippen LogP contribution is 1.95. The van der Waals surface area contributed by atoms with Crippen LogP contribution in [0.25, 0.3) is 0 Å². The van der Waals surface area contributed by atoms with E-state index in [9.17, 15) is 26.4 Å². The van der Waals surface area contributed by atoms with Crippen LogP contribution in [0.4, 0.5) is 0 Å². The molecule has 22 heavy (non-hydrogen) atoms. The van der Waals surface area contributed by atoms with E-state index in [1.807, 2.05) is 0 Å². The van der Waals surface area contributed by atoms with E-state index in [1.165, 1.54) is 0 Å². The van der Waals surface area contributed by atoms with Crippen molar-refractivity contribution in [2.45, 2.75) is 12.8 Å². The number of amides is 2. The summed E-state index contributed by atoms with van der Waals surface area (Å²) in [6, 6.07) is 0. The second kappa shape index (κ2) is 9.36. The molecule has 0 aromatic carbocycles. The molecule has 10 heteroatoms. The van der Waals surface area contributed by atoms with E-state index in [1.54, 1.807) is 0 Å². The molecule has 0 saturated heterocycles. The molecule has 0 fully saturated rings. The Morgan fingerprint density at radius 3 is 1.36 bits per heavy atom. The van der Waals surface area contributed by atoms with Gasteiger partial charge in [-0.25, -0.2) is 16.8 Å². The normalized spacial score (nSPS) is 11.5. The molecular weight excluding hydrogens is 332 g/mol. The van der Waals surface area contributed by atoms with E-state index in [0.29, 0.717) is 0 Å². The standard InChI is InChI=1S/C12H20N2O6S2/c1-3-21(17,18)9-5-11(15)13-7-8-14-12(16)6-10-22(19,20)4-2/h3-4H,1-2,5-10H2,(H,13,15)(H,14,16). The maximum atomic E-state index is 11.3. The Bertz CT molecular complexity index is 566. The van der Waals surface area contributed by atoms with Gasteiger partial charge in [-0.15, -0.1) is 0 Å². The van der Waals surface area contributed by atoms with E-state index < -0.39 is 31.5 Å². The maximum Gasteiger partial charge on any atom is 0.221 e. The SMILES string of the molecule is C=CS(=O)(=O)CCC(=O)NCCNC(=O)CCS(=O)(=O)C=C. The number of rotatable bonds is 11. The Morgan fingerprint density at radius 1 is 0.773 bits per heavy atom. The summed E-state index contributed by atoms with van der Waals surface area (Å²) in [7, 11) is -6.83. The molecule has 0 radical (unpaired) electrons. The zero-order chi connectivity index (χ0) is 17.2. The average molecular weight is 352 g/mol. The van der Waals surface area contributed by atoms with Gasteiger partial charge in [-0.2, -0.15) is 0 Å². The molecule has 0 rings (SSSR count). The van der Waals surface area contributed by atoms with Crippen LogP contribution in [-0.4, -0.2) is 53.2 Å². The third kappa shape index (κ3) is 10.1. The summed E-state index contributed by atoms with van der Waals surface area (Å²) in [6.45, 7) is 6.50. The molecule has 0 aliphatic carbocycles. The summed E-state index contributed by atoms with van der Waals surface area (Å²) < 4.78 is 44.4. The van der Waals surface area contributed by atoms with Crippen LogP contribution in [0.2, 0.25) is 0 Å². The highest BCUT2D eigenvalue weighted by Gasteiger charge is 2.10. The van der Waals surface area contributed by atoms with Crippen molar-refractivity contribution in [1.29, 1.82) is 0 Å². The van der Waals surface area contributed by atoms with Crippen molar-refractivity contribution in [3.63, 3.8) is 0 Å². The van der Waals surface area contributed by atoms with Crippen LogP contribution < -0.4 is 10.6 Å². The van der Waals surface area contributed by atoms with Crippen LogP contribution in [0.5, 0.6) is 0 Å². The molecule has 8 nitrogen and oxygen atoms in total. The van der Waals surface area contributed by atoms with Crippen LogP contribution in [0.15, 0.2) is 24.0 Å². The fraction of sp³-hybridized carbons (Fsp3) is 0.500. The summed E-state index contributed by atoms with van der Waals surface area (Å²) in [5.41, 5.74) is 0. The van der Waals surface area contributed by atoms with E-state index in [4.69, 9.17) is 0 Å². The van der Waals surface area contributed by atoms with E-state index in [0.717, 1.165) is 10.8 Å². The molecule has 0 saturated carbocycles. The quantitative estimate of drug-likeness (QED) is 0.465. The van der Waals surface area contributed by atoms with Gasteiger partial charge in [-0.1, -0.05) is 13.2 Å². The Labute approximate surface area is 130 Å². The molecule has 126 valence electrons. The van der Waals surface area contributed by atoms with Crippen molar-refractivity contribution in [3.8, 4) is 0 Å². The minimum absolute atomic E-state index is 0.118. The van der Waals surface area contributed by atoms with E-state index in [2.05, 4.69) is 23.8 Å². The highest BCUT2D eigenvalue weighted by atomic mass is 32.2. The molecule has 0 unspecified atom stereocenters. The third-order valence-electron chi connectivity index (χ3n) is 2.50. The lowest BCUT2D eigenvalue weighted by atomic mass is 10.4.